The monoisotopic (exact) mass is 315 g/mol. The molecule has 0 fully saturated rings. The molecule has 0 atom stereocenters. The maximum absolute atomic E-state index is 9.21. The van der Waals surface area contributed by atoms with Gasteiger partial charge in [-0.15, -0.1) is 5.10 Å². The number of rotatable bonds is 2. The van der Waals surface area contributed by atoms with Gasteiger partial charge in [-0.2, -0.15) is 5.26 Å². The van der Waals surface area contributed by atoms with Gasteiger partial charge < -0.3 is 0 Å². The van der Waals surface area contributed by atoms with E-state index < -0.39 is 0 Å². The quantitative estimate of drug-likeness (QED) is 0.725. The van der Waals surface area contributed by atoms with Gasteiger partial charge in [0.1, 0.15) is 11.8 Å². The topological polar surface area (TPSA) is 67.4 Å². The molecule has 7 heteroatoms. The Morgan fingerprint density at radius 1 is 1.14 bits per heavy atom. The Morgan fingerprint density at radius 2 is 2.00 bits per heavy atom. The Hall–Kier alpha value is -2.42. The fourth-order valence-electron chi connectivity index (χ4n) is 1.92. The zero-order chi connectivity index (χ0) is 14.8. The lowest BCUT2D eigenvalue weighted by Gasteiger charge is -2.07. The van der Waals surface area contributed by atoms with Gasteiger partial charge in [0, 0.05) is 18.0 Å². The van der Waals surface area contributed by atoms with E-state index in [9.17, 15) is 5.26 Å². The summed E-state index contributed by atoms with van der Waals surface area (Å²) in [5.74, 6) is 0. The molecule has 0 unspecified atom stereocenters. The molecule has 21 heavy (non-hydrogen) atoms. The molecule has 0 aliphatic rings. The van der Waals surface area contributed by atoms with E-state index >= 15 is 0 Å². The van der Waals surface area contributed by atoms with Crippen molar-refractivity contribution in [2.24, 2.45) is 0 Å². The molecular formula is C14H7Cl2N5. The third-order valence-corrected chi connectivity index (χ3v) is 3.60. The van der Waals surface area contributed by atoms with Crippen LogP contribution in [0.1, 0.15) is 5.69 Å². The van der Waals surface area contributed by atoms with Gasteiger partial charge in [-0.25, -0.2) is 4.68 Å². The molecule has 3 rings (SSSR count). The first-order valence-electron chi connectivity index (χ1n) is 5.92. The summed E-state index contributed by atoms with van der Waals surface area (Å²) in [4.78, 5) is 4.06. The lowest BCUT2D eigenvalue weighted by Crippen LogP contribution is -2.00. The Bertz CT molecular complexity index is 836. The van der Waals surface area contributed by atoms with E-state index in [2.05, 4.69) is 15.3 Å². The molecule has 0 saturated carbocycles. The lowest BCUT2D eigenvalue weighted by atomic mass is 10.1. The summed E-state index contributed by atoms with van der Waals surface area (Å²) < 4.78 is 1.54. The smallest absolute Gasteiger partial charge is 0.191 e. The van der Waals surface area contributed by atoms with Gasteiger partial charge in [0.2, 0.25) is 0 Å². The minimum atomic E-state index is 0.217. The van der Waals surface area contributed by atoms with E-state index in [0.29, 0.717) is 21.4 Å². The van der Waals surface area contributed by atoms with Crippen molar-refractivity contribution < 1.29 is 0 Å². The first kappa shape index (κ1) is 13.6. The van der Waals surface area contributed by atoms with Crippen LogP contribution in [0, 0.1) is 11.3 Å². The number of hydrogen-bond acceptors (Lipinski definition) is 4. The fraction of sp³-hybridized carbons (Fsp3) is 0. The van der Waals surface area contributed by atoms with Crippen LogP contribution in [0.4, 0.5) is 0 Å². The highest BCUT2D eigenvalue weighted by molar-refractivity contribution is 6.42. The minimum absolute atomic E-state index is 0.217. The second-order valence-electron chi connectivity index (χ2n) is 4.15. The van der Waals surface area contributed by atoms with Crippen LogP contribution >= 0.6 is 23.2 Å². The minimum Gasteiger partial charge on any atom is -0.264 e. The Labute approximate surface area is 130 Å². The van der Waals surface area contributed by atoms with E-state index in [1.807, 2.05) is 12.1 Å². The highest BCUT2D eigenvalue weighted by Gasteiger charge is 2.16. The van der Waals surface area contributed by atoms with E-state index in [0.717, 1.165) is 5.56 Å². The standard InChI is InChI=1S/C14H7Cl2N5/c15-11-4-3-10(6-12(11)16)21-14(13(7-17)19-20-21)9-2-1-5-18-8-9/h1-6,8H. The molecule has 2 aromatic heterocycles. The zero-order valence-corrected chi connectivity index (χ0v) is 12.0. The van der Waals surface area contributed by atoms with Gasteiger partial charge in [-0.3, -0.25) is 4.98 Å². The lowest BCUT2D eigenvalue weighted by molar-refractivity contribution is 0.806. The second kappa shape index (κ2) is 5.52. The Morgan fingerprint density at radius 3 is 2.67 bits per heavy atom. The van der Waals surface area contributed by atoms with Gasteiger partial charge in [0.25, 0.3) is 0 Å². The maximum Gasteiger partial charge on any atom is 0.191 e. The predicted molar refractivity (Wildman–Crippen MR) is 79.3 cm³/mol. The number of hydrogen-bond donors (Lipinski definition) is 0. The molecule has 102 valence electrons. The zero-order valence-electron chi connectivity index (χ0n) is 10.5. The van der Waals surface area contributed by atoms with Crippen LogP contribution in [0.3, 0.4) is 0 Å². The number of aromatic nitrogens is 4. The molecule has 0 spiro atoms. The summed E-state index contributed by atoms with van der Waals surface area (Å²) in [5, 5.41) is 18.0. The van der Waals surface area contributed by atoms with E-state index in [-0.39, 0.29) is 5.69 Å². The number of nitriles is 1. The molecule has 0 amide bonds. The van der Waals surface area contributed by atoms with Crippen molar-refractivity contribution in [1.82, 2.24) is 20.0 Å². The van der Waals surface area contributed by atoms with Gasteiger partial charge in [0.05, 0.1) is 15.7 Å². The van der Waals surface area contributed by atoms with Gasteiger partial charge in [-0.05, 0) is 30.3 Å². The molecule has 3 aromatic rings. The van der Waals surface area contributed by atoms with Crippen molar-refractivity contribution >= 4 is 23.2 Å². The van der Waals surface area contributed by atoms with Gasteiger partial charge >= 0.3 is 0 Å². The number of nitrogens with zero attached hydrogens (tertiary/aromatic N) is 5. The van der Waals surface area contributed by atoms with Crippen molar-refractivity contribution in [2.75, 3.05) is 0 Å². The summed E-state index contributed by atoms with van der Waals surface area (Å²) >= 11 is 11.9. The molecular weight excluding hydrogens is 309 g/mol. The molecule has 5 nitrogen and oxygen atoms in total. The van der Waals surface area contributed by atoms with Crippen molar-refractivity contribution in [3.8, 4) is 23.0 Å². The molecule has 2 heterocycles. The van der Waals surface area contributed by atoms with Crippen LogP contribution in [-0.2, 0) is 0 Å². The van der Waals surface area contributed by atoms with Gasteiger partial charge in [-0.1, -0.05) is 28.4 Å². The maximum atomic E-state index is 9.21. The van der Waals surface area contributed by atoms with Crippen molar-refractivity contribution in [2.45, 2.75) is 0 Å². The number of pyridine rings is 1. The number of halogens is 2. The van der Waals surface area contributed by atoms with Crippen molar-refractivity contribution in [3.05, 3.63) is 58.5 Å². The normalized spacial score (nSPS) is 10.3. The molecule has 0 saturated heterocycles. The van der Waals surface area contributed by atoms with E-state index in [1.165, 1.54) is 4.68 Å². The summed E-state index contributed by atoms with van der Waals surface area (Å²) in [5.41, 5.74) is 2.18. The molecule has 0 N–H and O–H groups in total. The fourth-order valence-corrected chi connectivity index (χ4v) is 2.21. The Balaban J connectivity index is 2.23. The molecule has 0 aliphatic carbocycles. The molecule has 0 aliphatic heterocycles. The summed E-state index contributed by atoms with van der Waals surface area (Å²) in [6, 6.07) is 10.7. The second-order valence-corrected chi connectivity index (χ2v) is 4.96. The Kier molecular flexibility index (Phi) is 3.57. The number of benzene rings is 1. The largest absolute Gasteiger partial charge is 0.264 e. The van der Waals surface area contributed by atoms with Crippen LogP contribution in [-0.4, -0.2) is 20.0 Å². The average molecular weight is 316 g/mol. The van der Waals surface area contributed by atoms with Crippen molar-refractivity contribution in [1.29, 1.82) is 5.26 Å². The van der Waals surface area contributed by atoms with E-state index in [4.69, 9.17) is 23.2 Å². The highest BCUT2D eigenvalue weighted by Crippen LogP contribution is 2.28. The summed E-state index contributed by atoms with van der Waals surface area (Å²) in [6.07, 6.45) is 3.30. The van der Waals surface area contributed by atoms with Crippen LogP contribution < -0.4 is 0 Å². The third-order valence-electron chi connectivity index (χ3n) is 2.86. The van der Waals surface area contributed by atoms with Crippen molar-refractivity contribution in [3.63, 3.8) is 0 Å². The predicted octanol–water partition coefficient (Wildman–Crippen LogP) is 3.51. The molecule has 0 bridgehead atoms. The van der Waals surface area contributed by atoms with Crippen LogP contribution in [0.5, 0.6) is 0 Å². The molecule has 1 aromatic carbocycles. The average Bonchev–Trinajstić information content (AvgIpc) is 2.95. The van der Waals surface area contributed by atoms with E-state index in [1.54, 1.807) is 36.7 Å². The van der Waals surface area contributed by atoms with Gasteiger partial charge in [0.15, 0.2) is 5.69 Å². The third kappa shape index (κ3) is 2.47. The first-order chi connectivity index (χ1) is 10.2. The van der Waals surface area contributed by atoms with Crippen LogP contribution in [0.25, 0.3) is 16.9 Å². The highest BCUT2D eigenvalue weighted by atomic mass is 35.5. The van der Waals surface area contributed by atoms with Crippen LogP contribution in [0.2, 0.25) is 10.0 Å². The summed E-state index contributed by atoms with van der Waals surface area (Å²) in [7, 11) is 0. The first-order valence-corrected chi connectivity index (χ1v) is 6.68. The summed E-state index contributed by atoms with van der Waals surface area (Å²) in [6.45, 7) is 0. The SMILES string of the molecule is N#Cc1nnn(-c2ccc(Cl)c(Cl)c2)c1-c1cccnc1. The van der Waals surface area contributed by atoms with Crippen LogP contribution in [0.15, 0.2) is 42.7 Å². The molecule has 0 radical (unpaired) electrons.